The first-order valence-electron chi connectivity index (χ1n) is 6.06. The van der Waals surface area contributed by atoms with Gasteiger partial charge in [0.15, 0.2) is 0 Å². The van der Waals surface area contributed by atoms with Crippen molar-refractivity contribution in [1.82, 2.24) is 9.88 Å². The molecule has 4 heteroatoms. The lowest BCUT2D eigenvalue weighted by Gasteiger charge is -2.23. The molecule has 0 amide bonds. The minimum atomic E-state index is 0.323. The fourth-order valence-electron chi connectivity index (χ4n) is 2.44. The molecule has 1 aromatic heterocycles. The van der Waals surface area contributed by atoms with E-state index in [4.69, 9.17) is 5.11 Å². The third-order valence-electron chi connectivity index (χ3n) is 3.22. The number of likely N-dealkylation sites (tertiary alicyclic amines) is 1. The quantitative estimate of drug-likeness (QED) is 0.857. The Morgan fingerprint density at radius 3 is 3.19 bits per heavy atom. The summed E-state index contributed by atoms with van der Waals surface area (Å²) in [6.45, 7) is 4.63. The molecule has 1 atom stereocenters. The highest BCUT2D eigenvalue weighted by Crippen LogP contribution is 2.25. The van der Waals surface area contributed by atoms with E-state index in [0.29, 0.717) is 12.6 Å². The first kappa shape index (κ1) is 12.0. The molecular formula is C12H20N2OS. The van der Waals surface area contributed by atoms with Crippen LogP contribution in [0.4, 0.5) is 0 Å². The van der Waals surface area contributed by atoms with Gasteiger partial charge in [-0.3, -0.25) is 4.90 Å². The number of nitrogens with zero attached hydrogens (tertiary/aromatic N) is 2. The zero-order chi connectivity index (χ0) is 11.4. The summed E-state index contributed by atoms with van der Waals surface area (Å²) in [7, 11) is 0. The zero-order valence-electron chi connectivity index (χ0n) is 9.85. The molecule has 2 heterocycles. The van der Waals surface area contributed by atoms with E-state index in [0.717, 1.165) is 24.4 Å². The van der Waals surface area contributed by atoms with Crippen LogP contribution < -0.4 is 0 Å². The number of aromatic nitrogens is 1. The Balaban J connectivity index is 1.88. The fraction of sp³-hybridized carbons (Fsp3) is 0.750. The molecule has 0 bridgehead atoms. The van der Waals surface area contributed by atoms with E-state index in [2.05, 4.69) is 16.8 Å². The average molecular weight is 240 g/mol. The van der Waals surface area contributed by atoms with E-state index in [-0.39, 0.29) is 0 Å². The van der Waals surface area contributed by atoms with Gasteiger partial charge in [0.05, 0.1) is 5.01 Å². The Hall–Kier alpha value is -0.450. The molecule has 1 saturated heterocycles. The molecule has 0 aromatic carbocycles. The van der Waals surface area contributed by atoms with Crippen molar-refractivity contribution in [2.45, 2.75) is 45.2 Å². The molecule has 0 spiro atoms. The van der Waals surface area contributed by atoms with Crippen LogP contribution in [0, 0.1) is 6.92 Å². The van der Waals surface area contributed by atoms with E-state index in [1.165, 1.54) is 24.3 Å². The van der Waals surface area contributed by atoms with E-state index in [1.54, 1.807) is 11.3 Å². The second kappa shape index (κ2) is 5.75. The van der Waals surface area contributed by atoms with Crippen molar-refractivity contribution < 1.29 is 5.11 Å². The van der Waals surface area contributed by atoms with E-state index >= 15 is 0 Å². The maximum atomic E-state index is 8.88. The van der Waals surface area contributed by atoms with Gasteiger partial charge in [-0.05, 0) is 39.2 Å². The molecule has 0 aliphatic carbocycles. The Bertz CT molecular complexity index is 327. The van der Waals surface area contributed by atoms with Gasteiger partial charge in [0.25, 0.3) is 0 Å². The summed E-state index contributed by atoms with van der Waals surface area (Å²) in [4.78, 5) is 8.21. The Morgan fingerprint density at radius 2 is 2.50 bits per heavy atom. The van der Waals surface area contributed by atoms with Crippen LogP contribution in [-0.4, -0.2) is 34.2 Å². The lowest BCUT2D eigenvalue weighted by Crippen LogP contribution is -2.28. The number of aliphatic hydroxyl groups excluding tert-OH is 1. The van der Waals surface area contributed by atoms with Gasteiger partial charge in [0.1, 0.15) is 0 Å². The fourth-order valence-corrected chi connectivity index (χ4v) is 3.26. The molecule has 90 valence electrons. The van der Waals surface area contributed by atoms with Crippen molar-refractivity contribution in [3.8, 4) is 0 Å². The van der Waals surface area contributed by atoms with Gasteiger partial charge in [-0.2, -0.15) is 0 Å². The number of aliphatic hydroxyl groups is 1. The van der Waals surface area contributed by atoms with Crippen LogP contribution in [-0.2, 0) is 6.54 Å². The van der Waals surface area contributed by atoms with Crippen LogP contribution in [0.5, 0.6) is 0 Å². The largest absolute Gasteiger partial charge is 0.396 e. The van der Waals surface area contributed by atoms with Gasteiger partial charge < -0.3 is 5.11 Å². The third kappa shape index (κ3) is 3.03. The number of aryl methyl sites for hydroxylation is 1. The zero-order valence-corrected chi connectivity index (χ0v) is 10.7. The monoisotopic (exact) mass is 240 g/mol. The van der Waals surface area contributed by atoms with Crippen LogP contribution >= 0.6 is 11.3 Å². The average Bonchev–Trinajstić information content (AvgIpc) is 2.86. The molecule has 3 nitrogen and oxygen atoms in total. The SMILES string of the molecule is Cc1ncc(CN2CCCC2CCCO)s1. The van der Waals surface area contributed by atoms with Crippen molar-refractivity contribution in [2.75, 3.05) is 13.2 Å². The summed E-state index contributed by atoms with van der Waals surface area (Å²) in [6.07, 6.45) is 6.66. The highest BCUT2D eigenvalue weighted by molar-refractivity contribution is 7.11. The smallest absolute Gasteiger partial charge is 0.0897 e. The lowest BCUT2D eigenvalue weighted by molar-refractivity contribution is 0.211. The van der Waals surface area contributed by atoms with Crippen LogP contribution in [0.2, 0.25) is 0 Å². The molecule has 1 fully saturated rings. The normalized spacial score (nSPS) is 21.8. The second-order valence-corrected chi connectivity index (χ2v) is 5.80. The Labute approximate surface area is 101 Å². The number of rotatable bonds is 5. The molecule has 1 aliphatic heterocycles. The van der Waals surface area contributed by atoms with Crippen molar-refractivity contribution in [3.05, 3.63) is 16.1 Å². The van der Waals surface area contributed by atoms with Crippen molar-refractivity contribution >= 4 is 11.3 Å². The predicted octanol–water partition coefficient (Wildman–Crippen LogP) is 2.19. The minimum Gasteiger partial charge on any atom is -0.396 e. The summed E-state index contributed by atoms with van der Waals surface area (Å²) in [5.74, 6) is 0. The molecule has 1 unspecified atom stereocenters. The maximum Gasteiger partial charge on any atom is 0.0897 e. The van der Waals surface area contributed by atoms with Crippen molar-refractivity contribution in [2.24, 2.45) is 0 Å². The van der Waals surface area contributed by atoms with Gasteiger partial charge in [-0.15, -0.1) is 11.3 Å². The first-order chi connectivity index (χ1) is 7.79. The highest BCUT2D eigenvalue weighted by Gasteiger charge is 2.24. The molecule has 1 aliphatic rings. The van der Waals surface area contributed by atoms with Crippen LogP contribution in [0.3, 0.4) is 0 Å². The molecule has 0 radical (unpaired) electrons. The number of thiazole rings is 1. The van der Waals surface area contributed by atoms with Crippen molar-refractivity contribution in [3.63, 3.8) is 0 Å². The topological polar surface area (TPSA) is 36.4 Å². The third-order valence-corrected chi connectivity index (χ3v) is 4.12. The summed E-state index contributed by atoms with van der Waals surface area (Å²) >= 11 is 1.80. The standard InChI is InChI=1S/C12H20N2OS/c1-10-13-8-12(16-10)9-14-6-2-4-11(14)5-3-7-15/h8,11,15H,2-7,9H2,1H3. The first-order valence-corrected chi connectivity index (χ1v) is 6.87. The van der Waals surface area contributed by atoms with Crippen molar-refractivity contribution in [1.29, 1.82) is 0 Å². The molecule has 1 aromatic rings. The van der Waals surface area contributed by atoms with Crippen LogP contribution in [0.1, 0.15) is 35.6 Å². The molecular weight excluding hydrogens is 220 g/mol. The van der Waals surface area contributed by atoms with E-state index in [1.807, 2.05) is 6.20 Å². The highest BCUT2D eigenvalue weighted by atomic mass is 32.1. The molecule has 0 saturated carbocycles. The number of hydrogen-bond acceptors (Lipinski definition) is 4. The Kier molecular flexibility index (Phi) is 4.32. The van der Waals surface area contributed by atoms with Gasteiger partial charge in [-0.25, -0.2) is 4.98 Å². The summed E-state index contributed by atoms with van der Waals surface area (Å²) in [5.41, 5.74) is 0. The van der Waals surface area contributed by atoms with E-state index < -0.39 is 0 Å². The second-order valence-electron chi connectivity index (χ2n) is 4.48. The summed E-state index contributed by atoms with van der Waals surface area (Å²) < 4.78 is 0. The van der Waals surface area contributed by atoms with Gasteiger partial charge in [-0.1, -0.05) is 0 Å². The van der Waals surface area contributed by atoms with Gasteiger partial charge >= 0.3 is 0 Å². The summed E-state index contributed by atoms with van der Waals surface area (Å²) in [6, 6.07) is 0.676. The van der Waals surface area contributed by atoms with E-state index in [9.17, 15) is 0 Å². The lowest BCUT2D eigenvalue weighted by atomic mass is 10.1. The molecule has 16 heavy (non-hydrogen) atoms. The predicted molar refractivity (Wildman–Crippen MR) is 66.6 cm³/mol. The van der Waals surface area contributed by atoms with Gasteiger partial charge in [0, 0.05) is 30.3 Å². The van der Waals surface area contributed by atoms with Crippen LogP contribution in [0.25, 0.3) is 0 Å². The maximum absolute atomic E-state index is 8.88. The van der Waals surface area contributed by atoms with Crippen LogP contribution in [0.15, 0.2) is 6.20 Å². The molecule has 1 N–H and O–H groups in total. The molecule has 2 rings (SSSR count). The minimum absolute atomic E-state index is 0.323. The van der Waals surface area contributed by atoms with Gasteiger partial charge in [0.2, 0.25) is 0 Å². The summed E-state index contributed by atoms with van der Waals surface area (Å²) in [5, 5.41) is 10.0. The number of hydrogen-bond donors (Lipinski definition) is 1. The Morgan fingerprint density at radius 1 is 1.62 bits per heavy atom.